The number of nitrogens with zero attached hydrogens (tertiary/aromatic N) is 3. The Morgan fingerprint density at radius 2 is 2.22 bits per heavy atom. The van der Waals surface area contributed by atoms with Crippen LogP contribution in [0.2, 0.25) is 0 Å². The summed E-state index contributed by atoms with van der Waals surface area (Å²) in [6.45, 7) is 3.69. The number of carbonyl (C=O) groups excluding carboxylic acids is 1. The summed E-state index contributed by atoms with van der Waals surface area (Å²) >= 11 is 0. The van der Waals surface area contributed by atoms with Crippen molar-refractivity contribution >= 4 is 5.91 Å². The average Bonchev–Trinajstić information content (AvgIpc) is 3.21. The average molecular weight is 371 g/mol. The summed E-state index contributed by atoms with van der Waals surface area (Å²) in [6.07, 6.45) is 7.09. The number of hydrogen-bond acceptors (Lipinski definition) is 5. The van der Waals surface area contributed by atoms with Crippen LogP contribution in [0.4, 0.5) is 0 Å². The lowest BCUT2D eigenvalue weighted by molar-refractivity contribution is -0.132. The minimum absolute atomic E-state index is 0.116. The van der Waals surface area contributed by atoms with Gasteiger partial charge in [0, 0.05) is 25.1 Å². The van der Waals surface area contributed by atoms with E-state index in [0.29, 0.717) is 24.7 Å². The van der Waals surface area contributed by atoms with E-state index in [4.69, 9.17) is 9.26 Å². The van der Waals surface area contributed by atoms with Gasteiger partial charge in [0.05, 0.1) is 13.0 Å². The molecule has 0 aliphatic carbocycles. The van der Waals surface area contributed by atoms with Gasteiger partial charge in [-0.2, -0.15) is 4.98 Å². The fourth-order valence-corrected chi connectivity index (χ4v) is 3.55. The second kappa shape index (κ2) is 9.53. The molecule has 1 aliphatic heterocycles. The second-order valence-corrected chi connectivity index (χ2v) is 7.18. The van der Waals surface area contributed by atoms with Gasteiger partial charge in [-0.1, -0.05) is 43.5 Å². The Hall–Kier alpha value is -2.37. The zero-order chi connectivity index (χ0) is 19.1. The van der Waals surface area contributed by atoms with E-state index in [1.54, 1.807) is 7.11 Å². The molecule has 1 fully saturated rings. The third-order valence-corrected chi connectivity index (χ3v) is 5.14. The number of likely N-dealkylation sites (tertiary alicyclic amines) is 1. The topological polar surface area (TPSA) is 68.5 Å². The first-order chi connectivity index (χ1) is 13.2. The van der Waals surface area contributed by atoms with Gasteiger partial charge in [-0.05, 0) is 31.4 Å². The number of piperidine rings is 1. The highest BCUT2D eigenvalue weighted by atomic mass is 16.5. The molecule has 0 spiro atoms. The zero-order valence-electron chi connectivity index (χ0n) is 16.3. The lowest BCUT2D eigenvalue weighted by Gasteiger charge is -2.31. The van der Waals surface area contributed by atoms with Crippen LogP contribution in [0.15, 0.2) is 28.8 Å². The number of aromatic nitrogens is 2. The first-order valence-electron chi connectivity index (χ1n) is 9.97. The Bertz CT molecular complexity index is 744. The van der Waals surface area contributed by atoms with Crippen molar-refractivity contribution in [1.29, 1.82) is 0 Å². The van der Waals surface area contributed by atoms with Gasteiger partial charge in [0.2, 0.25) is 17.6 Å². The summed E-state index contributed by atoms with van der Waals surface area (Å²) in [7, 11) is 1.64. The summed E-state index contributed by atoms with van der Waals surface area (Å²) in [6, 6.07) is 7.62. The molecule has 2 aromatic rings. The van der Waals surface area contributed by atoms with Crippen LogP contribution in [-0.4, -0.2) is 41.1 Å². The van der Waals surface area contributed by atoms with Gasteiger partial charge in [0.1, 0.15) is 5.75 Å². The Morgan fingerprint density at radius 3 is 3.04 bits per heavy atom. The number of rotatable bonds is 8. The third-order valence-electron chi connectivity index (χ3n) is 5.14. The molecular formula is C21H29N3O3. The van der Waals surface area contributed by atoms with E-state index >= 15 is 0 Å². The minimum Gasteiger partial charge on any atom is -0.497 e. The van der Waals surface area contributed by atoms with Crippen LogP contribution in [0.1, 0.15) is 63.7 Å². The van der Waals surface area contributed by atoms with Crippen molar-refractivity contribution < 1.29 is 14.1 Å². The molecule has 6 heteroatoms. The smallest absolute Gasteiger partial charge is 0.231 e. The number of hydrogen-bond donors (Lipinski definition) is 0. The highest BCUT2D eigenvalue weighted by molar-refractivity contribution is 5.76. The fourth-order valence-electron chi connectivity index (χ4n) is 3.55. The molecule has 1 aliphatic rings. The molecule has 0 radical (unpaired) electrons. The first-order valence-corrected chi connectivity index (χ1v) is 9.97. The monoisotopic (exact) mass is 371 g/mol. The predicted octanol–water partition coefficient (Wildman–Crippen LogP) is 4.42. The van der Waals surface area contributed by atoms with Gasteiger partial charge < -0.3 is 14.2 Å². The van der Waals surface area contributed by atoms with Gasteiger partial charge >= 0.3 is 0 Å². The van der Waals surface area contributed by atoms with Crippen molar-refractivity contribution in [3.05, 3.63) is 30.2 Å². The summed E-state index contributed by atoms with van der Waals surface area (Å²) in [5.74, 6) is 2.31. The number of carbonyl (C=O) groups is 1. The van der Waals surface area contributed by atoms with E-state index in [2.05, 4.69) is 17.1 Å². The molecule has 1 amide bonds. The number of methoxy groups -OCH3 is 1. The number of ether oxygens (including phenoxy) is 1. The largest absolute Gasteiger partial charge is 0.497 e. The lowest BCUT2D eigenvalue weighted by atomic mass is 9.97. The van der Waals surface area contributed by atoms with Gasteiger partial charge in [0.15, 0.2) is 0 Å². The Labute approximate surface area is 160 Å². The molecule has 1 aromatic carbocycles. The molecular weight excluding hydrogens is 342 g/mol. The third kappa shape index (κ3) is 5.08. The highest BCUT2D eigenvalue weighted by Crippen LogP contribution is 2.29. The van der Waals surface area contributed by atoms with Crippen LogP contribution in [0.5, 0.6) is 5.75 Å². The number of amides is 1. The van der Waals surface area contributed by atoms with E-state index in [1.807, 2.05) is 29.2 Å². The summed E-state index contributed by atoms with van der Waals surface area (Å²) < 4.78 is 10.8. The van der Waals surface area contributed by atoms with Crippen LogP contribution in [0.3, 0.4) is 0 Å². The normalized spacial score (nSPS) is 17.1. The Kier molecular flexibility index (Phi) is 6.85. The van der Waals surface area contributed by atoms with Crippen molar-refractivity contribution in [1.82, 2.24) is 15.0 Å². The Balaban J connectivity index is 1.61. The van der Waals surface area contributed by atoms with E-state index in [9.17, 15) is 4.79 Å². The van der Waals surface area contributed by atoms with E-state index < -0.39 is 0 Å². The maximum atomic E-state index is 12.5. The number of unbranched alkanes of at least 4 members (excludes halogenated alkanes) is 3. The van der Waals surface area contributed by atoms with Crippen molar-refractivity contribution in [2.75, 3.05) is 20.2 Å². The molecule has 0 bridgehead atoms. The molecule has 1 atom stereocenters. The van der Waals surface area contributed by atoms with Crippen molar-refractivity contribution in [2.24, 2.45) is 0 Å². The second-order valence-electron chi connectivity index (χ2n) is 7.18. The summed E-state index contributed by atoms with van der Waals surface area (Å²) in [4.78, 5) is 19.0. The zero-order valence-corrected chi connectivity index (χ0v) is 16.3. The van der Waals surface area contributed by atoms with Crippen molar-refractivity contribution in [3.63, 3.8) is 0 Å². The molecule has 0 N–H and O–H groups in total. The van der Waals surface area contributed by atoms with E-state index in [1.165, 1.54) is 12.8 Å². The molecule has 0 saturated carbocycles. The van der Waals surface area contributed by atoms with Gasteiger partial charge in [-0.3, -0.25) is 4.79 Å². The molecule has 0 unspecified atom stereocenters. The maximum Gasteiger partial charge on any atom is 0.231 e. The quantitative estimate of drug-likeness (QED) is 0.643. The summed E-state index contributed by atoms with van der Waals surface area (Å²) in [5, 5.41) is 4.13. The van der Waals surface area contributed by atoms with Gasteiger partial charge in [0.25, 0.3) is 0 Å². The highest BCUT2D eigenvalue weighted by Gasteiger charge is 2.28. The van der Waals surface area contributed by atoms with Crippen LogP contribution < -0.4 is 4.74 Å². The van der Waals surface area contributed by atoms with Crippen LogP contribution in [0, 0.1) is 0 Å². The van der Waals surface area contributed by atoms with E-state index in [0.717, 1.165) is 43.5 Å². The molecule has 6 nitrogen and oxygen atoms in total. The van der Waals surface area contributed by atoms with Crippen LogP contribution in [0.25, 0.3) is 11.4 Å². The molecule has 2 heterocycles. The fraction of sp³-hybridized carbons (Fsp3) is 0.571. The lowest BCUT2D eigenvalue weighted by Crippen LogP contribution is -2.39. The van der Waals surface area contributed by atoms with Gasteiger partial charge in [-0.15, -0.1) is 0 Å². The van der Waals surface area contributed by atoms with Gasteiger partial charge in [-0.25, -0.2) is 0 Å². The standard InChI is InChI=1S/C21H29N3O3/c1-3-4-5-6-12-19(25)24-13-8-10-17(15-24)21-22-20(23-27-21)16-9-7-11-18(14-16)26-2/h7,9,11,14,17H,3-6,8,10,12-13,15H2,1-2H3/t17-/m1/s1. The number of benzene rings is 1. The first kappa shape index (κ1) is 19.4. The van der Waals surface area contributed by atoms with Crippen molar-refractivity contribution in [2.45, 2.75) is 57.8 Å². The van der Waals surface area contributed by atoms with Crippen LogP contribution >= 0.6 is 0 Å². The van der Waals surface area contributed by atoms with Crippen molar-refractivity contribution in [3.8, 4) is 17.1 Å². The molecule has 146 valence electrons. The predicted molar refractivity (Wildman–Crippen MR) is 104 cm³/mol. The van der Waals surface area contributed by atoms with Crippen LogP contribution in [-0.2, 0) is 4.79 Å². The van der Waals surface area contributed by atoms with E-state index in [-0.39, 0.29) is 11.8 Å². The Morgan fingerprint density at radius 1 is 1.33 bits per heavy atom. The molecule has 1 saturated heterocycles. The SMILES string of the molecule is CCCCCCC(=O)N1CCC[C@@H](c2nc(-c3cccc(OC)c3)no2)C1. The summed E-state index contributed by atoms with van der Waals surface area (Å²) in [5.41, 5.74) is 0.865. The molecule has 3 rings (SSSR count). The molecule has 27 heavy (non-hydrogen) atoms. The molecule has 1 aromatic heterocycles. The minimum atomic E-state index is 0.116. The maximum absolute atomic E-state index is 12.5.